The predicted molar refractivity (Wildman–Crippen MR) is 101 cm³/mol. The molecular formula is C22H29NO4. The van der Waals surface area contributed by atoms with Crippen molar-refractivity contribution < 1.29 is 19.4 Å². The number of rotatable bonds is 5. The highest BCUT2D eigenvalue weighted by Crippen LogP contribution is 2.60. The monoisotopic (exact) mass is 371 g/mol. The highest BCUT2D eigenvalue weighted by Gasteiger charge is 2.59. The number of benzene rings is 1. The van der Waals surface area contributed by atoms with E-state index in [2.05, 4.69) is 5.32 Å². The molecular weight excluding hydrogens is 342 g/mol. The number of ether oxygens (including phenoxy) is 1. The molecule has 4 aliphatic rings. The first-order valence-corrected chi connectivity index (χ1v) is 9.99. The molecule has 0 saturated heterocycles. The smallest absolute Gasteiger partial charge is 0.309 e. The summed E-state index contributed by atoms with van der Waals surface area (Å²) in [6, 6.07) is 7.76. The molecule has 0 spiro atoms. The number of amides is 1. The second-order valence-corrected chi connectivity index (χ2v) is 9.48. The van der Waals surface area contributed by atoms with Crippen LogP contribution in [0.5, 0.6) is 5.75 Å². The van der Waals surface area contributed by atoms with E-state index in [1.165, 1.54) is 0 Å². The Labute approximate surface area is 160 Å². The van der Waals surface area contributed by atoms with E-state index in [9.17, 15) is 14.7 Å². The maximum atomic E-state index is 13.0. The minimum atomic E-state index is -0.978. The van der Waals surface area contributed by atoms with Gasteiger partial charge in [-0.3, -0.25) is 9.59 Å². The Balaban J connectivity index is 1.45. The van der Waals surface area contributed by atoms with Crippen LogP contribution in [0.1, 0.15) is 51.5 Å². The van der Waals surface area contributed by atoms with Gasteiger partial charge in [0, 0.05) is 6.04 Å². The van der Waals surface area contributed by atoms with Crippen LogP contribution in [0.3, 0.4) is 0 Å². The lowest BCUT2D eigenvalue weighted by Gasteiger charge is -2.58. The fourth-order valence-electron chi connectivity index (χ4n) is 5.79. The van der Waals surface area contributed by atoms with Gasteiger partial charge in [-0.2, -0.15) is 0 Å². The van der Waals surface area contributed by atoms with Crippen molar-refractivity contribution in [1.29, 1.82) is 0 Å². The van der Waals surface area contributed by atoms with Gasteiger partial charge in [0.1, 0.15) is 5.75 Å². The summed E-state index contributed by atoms with van der Waals surface area (Å²) in [5.41, 5.74) is -0.384. The molecule has 4 bridgehead atoms. The lowest BCUT2D eigenvalue weighted by Crippen LogP contribution is -2.63. The van der Waals surface area contributed by atoms with Crippen molar-refractivity contribution in [2.45, 2.75) is 64.5 Å². The van der Waals surface area contributed by atoms with Gasteiger partial charge in [0.25, 0.3) is 5.91 Å². The van der Waals surface area contributed by atoms with E-state index in [-0.39, 0.29) is 23.8 Å². The quantitative estimate of drug-likeness (QED) is 0.830. The number of hydrogen-bond acceptors (Lipinski definition) is 3. The van der Waals surface area contributed by atoms with Crippen LogP contribution in [-0.4, -0.2) is 28.6 Å². The molecule has 1 aromatic rings. The first-order chi connectivity index (χ1) is 12.7. The Bertz CT molecular complexity index is 738. The molecule has 0 aliphatic heterocycles. The Morgan fingerprint density at radius 1 is 1.11 bits per heavy atom. The molecule has 4 fully saturated rings. The number of carboxylic acid groups (broad SMARTS) is 1. The third-order valence-corrected chi connectivity index (χ3v) is 6.97. The SMILES string of the molecule is Cc1ccc(OC(C)(C)C(=O)NC2C3CC4CC2CC(C(=O)O)(C4)C3)cc1. The minimum Gasteiger partial charge on any atom is -0.481 e. The maximum Gasteiger partial charge on any atom is 0.309 e. The summed E-state index contributed by atoms with van der Waals surface area (Å²) >= 11 is 0. The van der Waals surface area contributed by atoms with Gasteiger partial charge < -0.3 is 15.2 Å². The molecule has 2 unspecified atom stereocenters. The molecule has 146 valence electrons. The number of hydrogen-bond donors (Lipinski definition) is 2. The third kappa shape index (κ3) is 3.21. The Morgan fingerprint density at radius 2 is 1.70 bits per heavy atom. The Kier molecular flexibility index (Phi) is 4.24. The van der Waals surface area contributed by atoms with E-state index in [0.717, 1.165) is 24.8 Å². The molecule has 4 aliphatic carbocycles. The van der Waals surface area contributed by atoms with E-state index in [1.807, 2.05) is 31.2 Å². The van der Waals surface area contributed by atoms with Gasteiger partial charge in [0.15, 0.2) is 5.60 Å². The topological polar surface area (TPSA) is 75.6 Å². The average molecular weight is 371 g/mol. The van der Waals surface area contributed by atoms with E-state index in [0.29, 0.717) is 24.5 Å². The van der Waals surface area contributed by atoms with Crippen LogP contribution in [0.2, 0.25) is 0 Å². The largest absolute Gasteiger partial charge is 0.481 e. The molecule has 0 heterocycles. The van der Waals surface area contributed by atoms with Gasteiger partial charge in [0.2, 0.25) is 0 Å². The highest BCUT2D eigenvalue weighted by atomic mass is 16.5. The maximum absolute atomic E-state index is 13.0. The van der Waals surface area contributed by atoms with Crippen LogP contribution in [-0.2, 0) is 9.59 Å². The predicted octanol–water partition coefficient (Wildman–Crippen LogP) is 3.55. The molecule has 27 heavy (non-hydrogen) atoms. The molecule has 1 aromatic carbocycles. The van der Waals surface area contributed by atoms with Crippen molar-refractivity contribution in [1.82, 2.24) is 5.32 Å². The summed E-state index contributed by atoms with van der Waals surface area (Å²) in [4.78, 5) is 24.9. The molecule has 5 nitrogen and oxygen atoms in total. The van der Waals surface area contributed by atoms with Crippen molar-refractivity contribution in [2.24, 2.45) is 23.2 Å². The second-order valence-electron chi connectivity index (χ2n) is 9.48. The number of aliphatic carboxylic acids is 1. The fraction of sp³-hybridized carbons (Fsp3) is 0.636. The zero-order chi connectivity index (χ0) is 19.4. The van der Waals surface area contributed by atoms with E-state index < -0.39 is 17.0 Å². The third-order valence-electron chi connectivity index (χ3n) is 6.97. The van der Waals surface area contributed by atoms with Gasteiger partial charge in [-0.25, -0.2) is 0 Å². The van der Waals surface area contributed by atoms with Crippen LogP contribution in [0.15, 0.2) is 24.3 Å². The number of carboxylic acids is 1. The van der Waals surface area contributed by atoms with Crippen molar-refractivity contribution in [2.75, 3.05) is 0 Å². The molecule has 4 saturated carbocycles. The van der Waals surface area contributed by atoms with Crippen LogP contribution in [0.25, 0.3) is 0 Å². The van der Waals surface area contributed by atoms with E-state index in [4.69, 9.17) is 4.74 Å². The van der Waals surface area contributed by atoms with Crippen LogP contribution in [0, 0.1) is 30.1 Å². The number of aryl methyl sites for hydroxylation is 1. The summed E-state index contributed by atoms with van der Waals surface area (Å²) < 4.78 is 5.96. The van der Waals surface area contributed by atoms with Crippen molar-refractivity contribution in [3.63, 3.8) is 0 Å². The zero-order valence-corrected chi connectivity index (χ0v) is 16.3. The molecule has 5 rings (SSSR count). The lowest BCUT2D eigenvalue weighted by molar-refractivity contribution is -0.168. The van der Waals surface area contributed by atoms with E-state index in [1.54, 1.807) is 13.8 Å². The van der Waals surface area contributed by atoms with Crippen molar-refractivity contribution >= 4 is 11.9 Å². The summed E-state index contributed by atoms with van der Waals surface area (Å²) in [6.07, 6.45) is 4.28. The summed E-state index contributed by atoms with van der Waals surface area (Å²) in [7, 11) is 0. The second kappa shape index (κ2) is 6.25. The standard InChI is InChI=1S/C22H29NO4/c1-13-4-6-17(7-5-13)27-21(2,3)19(24)23-18-15-8-14-9-16(18)12-22(10-14,11-15)20(25)26/h4-7,14-16,18H,8-12H2,1-3H3,(H,23,24)(H,25,26). The lowest BCUT2D eigenvalue weighted by atomic mass is 9.48. The molecule has 2 N–H and O–H groups in total. The number of carbonyl (C=O) groups is 2. The normalized spacial score (nSPS) is 34.3. The van der Waals surface area contributed by atoms with Gasteiger partial charge in [-0.05, 0) is 82.8 Å². The fourth-order valence-corrected chi connectivity index (χ4v) is 5.79. The summed E-state index contributed by atoms with van der Waals surface area (Å²) in [5, 5.41) is 13.0. The minimum absolute atomic E-state index is 0.0717. The van der Waals surface area contributed by atoms with Gasteiger partial charge in [0.05, 0.1) is 5.41 Å². The van der Waals surface area contributed by atoms with Crippen molar-refractivity contribution in [3.8, 4) is 5.75 Å². The van der Waals surface area contributed by atoms with Crippen LogP contribution >= 0.6 is 0 Å². The van der Waals surface area contributed by atoms with E-state index >= 15 is 0 Å². The van der Waals surface area contributed by atoms with Gasteiger partial charge >= 0.3 is 5.97 Å². The molecule has 2 atom stereocenters. The molecule has 1 amide bonds. The zero-order valence-electron chi connectivity index (χ0n) is 16.3. The highest BCUT2D eigenvalue weighted by molar-refractivity contribution is 5.85. The molecule has 0 aromatic heterocycles. The molecule has 0 radical (unpaired) electrons. The Hall–Kier alpha value is -2.04. The van der Waals surface area contributed by atoms with Gasteiger partial charge in [-0.15, -0.1) is 0 Å². The first-order valence-electron chi connectivity index (χ1n) is 9.99. The summed E-state index contributed by atoms with van der Waals surface area (Å²) in [5.74, 6) is 0.955. The van der Waals surface area contributed by atoms with Crippen molar-refractivity contribution in [3.05, 3.63) is 29.8 Å². The number of carbonyl (C=O) groups excluding carboxylic acids is 1. The first kappa shape index (κ1) is 18.3. The average Bonchev–Trinajstić information content (AvgIpc) is 2.59. The Morgan fingerprint density at radius 3 is 2.26 bits per heavy atom. The summed E-state index contributed by atoms with van der Waals surface area (Å²) in [6.45, 7) is 5.59. The van der Waals surface area contributed by atoms with Gasteiger partial charge in [-0.1, -0.05) is 17.7 Å². The van der Waals surface area contributed by atoms with Crippen LogP contribution < -0.4 is 10.1 Å². The number of nitrogens with one attached hydrogen (secondary N) is 1. The molecule has 5 heteroatoms. The van der Waals surface area contributed by atoms with Crippen LogP contribution in [0.4, 0.5) is 0 Å².